The fourth-order valence-corrected chi connectivity index (χ4v) is 13.4. The quantitative estimate of drug-likeness (QED) is 0.103. The summed E-state index contributed by atoms with van der Waals surface area (Å²) in [5, 5.41) is 1.49. The van der Waals surface area contributed by atoms with Crippen LogP contribution < -0.4 is 9.80 Å². The van der Waals surface area contributed by atoms with Crippen LogP contribution in [0.4, 0.5) is 11.6 Å². The van der Waals surface area contributed by atoms with E-state index in [1.54, 1.807) is 54.9 Å². The van der Waals surface area contributed by atoms with Gasteiger partial charge in [0.25, 0.3) is 20.0 Å². The molecule has 4 aromatic heterocycles. The van der Waals surface area contributed by atoms with Crippen molar-refractivity contribution in [2.45, 2.75) is 101 Å². The molecule has 63 heavy (non-hydrogen) atoms. The number of rotatable bonds is 14. The molecule has 2 aromatic carbocycles. The lowest BCUT2D eigenvalue weighted by atomic mass is 9.86. The molecule has 0 radical (unpaired) electrons. The maximum atomic E-state index is 13.2. The molecule has 17 heteroatoms. The van der Waals surface area contributed by atoms with Crippen LogP contribution in [0.2, 0.25) is 0 Å². The lowest BCUT2D eigenvalue weighted by Crippen LogP contribution is -2.36. The van der Waals surface area contributed by atoms with Crippen LogP contribution in [0.3, 0.4) is 0 Å². The fourth-order valence-electron chi connectivity index (χ4n) is 8.84. The number of thioether (sulfide) groups is 1. The van der Waals surface area contributed by atoms with E-state index in [-0.39, 0.29) is 9.79 Å². The van der Waals surface area contributed by atoms with Gasteiger partial charge in [0.05, 0.1) is 20.6 Å². The molecule has 1 unspecified atom stereocenters. The number of anilines is 2. The van der Waals surface area contributed by atoms with E-state index in [4.69, 9.17) is 0 Å². The molecule has 8 rings (SSSR count). The van der Waals surface area contributed by atoms with Crippen LogP contribution in [0, 0.1) is 25.7 Å². The van der Waals surface area contributed by atoms with Gasteiger partial charge in [0, 0.05) is 60.9 Å². The molecule has 2 aliphatic carbocycles. The Bertz CT molecular complexity index is 2720. The Labute approximate surface area is 379 Å². The predicted molar refractivity (Wildman–Crippen MR) is 257 cm³/mol. The van der Waals surface area contributed by atoms with Gasteiger partial charge in [-0.2, -0.15) is 11.8 Å². The second-order valence-corrected chi connectivity index (χ2v) is 23.6. The molecule has 2 fully saturated rings. The van der Waals surface area contributed by atoms with Crippen molar-refractivity contribution in [3.63, 3.8) is 0 Å². The van der Waals surface area contributed by atoms with Crippen LogP contribution in [0.25, 0.3) is 22.1 Å². The van der Waals surface area contributed by atoms with E-state index in [0.29, 0.717) is 29.3 Å². The third kappa shape index (κ3) is 10.3. The van der Waals surface area contributed by atoms with Crippen LogP contribution in [0.1, 0.15) is 76.3 Å². The van der Waals surface area contributed by atoms with Crippen molar-refractivity contribution in [1.29, 1.82) is 0 Å². The fraction of sp³-hybridized carbons (Fsp3) is 0.478. The molecule has 0 bridgehead atoms. The summed E-state index contributed by atoms with van der Waals surface area (Å²) in [7, 11) is -4.10. The van der Waals surface area contributed by atoms with Gasteiger partial charge < -0.3 is 9.80 Å². The Morgan fingerprint density at radius 1 is 0.619 bits per heavy atom. The normalized spacial score (nSPS) is 20.0. The summed E-state index contributed by atoms with van der Waals surface area (Å²) in [5.74, 6) is 6.83. The first-order chi connectivity index (χ1) is 30.2. The van der Waals surface area contributed by atoms with E-state index in [1.165, 1.54) is 44.9 Å². The van der Waals surface area contributed by atoms with Gasteiger partial charge in [-0.05, 0) is 125 Å². The number of hydrogen-bond donors (Lipinski definition) is 0. The Kier molecular flexibility index (Phi) is 15.0. The first kappa shape index (κ1) is 46.7. The Balaban J connectivity index is 0.000000189. The van der Waals surface area contributed by atoms with Crippen molar-refractivity contribution in [3.05, 3.63) is 96.8 Å². The van der Waals surface area contributed by atoms with Gasteiger partial charge in [-0.3, -0.25) is 4.21 Å². The smallest absolute Gasteiger partial charge is 0.269 e. The number of hydrogen-bond acceptors (Lipinski definition) is 12. The highest BCUT2D eigenvalue weighted by Crippen LogP contribution is 2.35. The number of benzene rings is 2. The minimum absolute atomic E-state index is 0.233. The van der Waals surface area contributed by atoms with Gasteiger partial charge in [-0.25, -0.2) is 44.7 Å². The Morgan fingerprint density at radius 3 is 1.43 bits per heavy atom. The van der Waals surface area contributed by atoms with E-state index in [0.717, 1.165) is 89.5 Å². The second-order valence-electron chi connectivity index (χ2n) is 16.9. The van der Waals surface area contributed by atoms with Crippen LogP contribution >= 0.6 is 11.8 Å². The largest absolute Gasteiger partial charge is 0.356 e. The average Bonchev–Trinajstić information content (AvgIpc) is 3.95. The topological polar surface area (TPSA) is 153 Å². The van der Waals surface area contributed by atoms with Crippen molar-refractivity contribution >= 4 is 76.3 Å². The number of aromatic nitrogens is 6. The molecule has 13 nitrogen and oxygen atoms in total. The highest BCUT2D eigenvalue weighted by Gasteiger charge is 2.30. The standard InChI is InChI=1S/C23H30N4O3S2.C23H30N4O2S2/c1-4-31(28)15-18-7-9-19(10-8-18)26(3)22-21-13-14-27(23(21)25-16-24-22)32(29,30)20-11-5-17(2)6-12-20;1-4-30-15-18-7-9-19(10-8-18)26(3)22-21-13-14-27(23(21)25-16-24-22)31(28,29)20-11-5-17(2)6-12-20/h5-6,11-14,16,18-19H,4,7-10,15H2,1-3H3;5-6,11-14,16,18-19H,4,7-10,15H2,1-3H3. The molecule has 2 saturated carbocycles. The molecule has 0 saturated heterocycles. The third-order valence-electron chi connectivity index (χ3n) is 12.7. The van der Waals surface area contributed by atoms with Crippen LogP contribution in [0.15, 0.2) is 95.5 Å². The van der Waals surface area contributed by atoms with Gasteiger partial charge in [0.15, 0.2) is 11.3 Å². The molecular weight excluding hydrogens is 873 g/mol. The first-order valence-electron chi connectivity index (χ1n) is 21.9. The summed E-state index contributed by atoms with van der Waals surface area (Å²) in [5.41, 5.74) is 2.83. The predicted octanol–water partition coefficient (Wildman–Crippen LogP) is 8.47. The number of nitrogens with zero attached hydrogens (tertiary/aromatic N) is 8. The van der Waals surface area contributed by atoms with E-state index >= 15 is 0 Å². The highest BCUT2D eigenvalue weighted by molar-refractivity contribution is 7.99. The van der Waals surface area contributed by atoms with Gasteiger partial charge in [0.1, 0.15) is 24.3 Å². The van der Waals surface area contributed by atoms with Crippen LogP contribution in [-0.4, -0.2) is 98.1 Å². The lowest BCUT2D eigenvalue weighted by molar-refractivity contribution is 0.343. The van der Waals surface area contributed by atoms with Gasteiger partial charge in [-0.15, -0.1) is 0 Å². The molecule has 0 N–H and O–H groups in total. The molecule has 2 aliphatic rings. The monoisotopic (exact) mass is 932 g/mol. The maximum Gasteiger partial charge on any atom is 0.269 e. The summed E-state index contributed by atoms with van der Waals surface area (Å²) in [4.78, 5) is 22.5. The zero-order valence-corrected chi connectivity index (χ0v) is 40.4. The molecule has 0 spiro atoms. The average molecular weight is 933 g/mol. The molecule has 0 aliphatic heterocycles. The van der Waals surface area contributed by atoms with Crippen molar-refractivity contribution in [2.24, 2.45) is 11.8 Å². The van der Waals surface area contributed by atoms with Gasteiger partial charge in [0.2, 0.25) is 0 Å². The number of aryl methyl sites for hydroxylation is 2. The summed E-state index contributed by atoms with van der Waals surface area (Å²) in [6, 6.07) is 18.0. The maximum absolute atomic E-state index is 13.2. The van der Waals surface area contributed by atoms with Crippen LogP contribution in [-0.2, 0) is 30.8 Å². The molecule has 338 valence electrons. The van der Waals surface area contributed by atoms with Crippen LogP contribution in [0.5, 0.6) is 0 Å². The Hall–Kier alpha value is -4.32. The molecule has 1 atom stereocenters. The van der Waals surface area contributed by atoms with Crippen molar-refractivity contribution in [2.75, 3.05) is 46.9 Å². The minimum atomic E-state index is -3.75. The van der Waals surface area contributed by atoms with Crippen molar-refractivity contribution in [3.8, 4) is 0 Å². The van der Waals surface area contributed by atoms with Gasteiger partial charge >= 0.3 is 0 Å². The molecule has 0 amide bonds. The van der Waals surface area contributed by atoms with E-state index in [9.17, 15) is 21.0 Å². The minimum Gasteiger partial charge on any atom is -0.356 e. The summed E-state index contributed by atoms with van der Waals surface area (Å²) in [6.45, 7) is 8.05. The SMILES string of the molecule is CCS(=O)CC1CCC(N(C)c2ncnc3c2ccn3S(=O)(=O)c2ccc(C)cc2)CC1.CCSCC1CCC(N(C)c2ncnc3c2ccn3S(=O)(=O)c2ccc(C)cc2)CC1. The van der Waals surface area contributed by atoms with E-state index < -0.39 is 30.8 Å². The van der Waals surface area contributed by atoms with Gasteiger partial charge in [-0.1, -0.05) is 49.2 Å². The summed E-state index contributed by atoms with van der Waals surface area (Å²) >= 11 is 2.03. The molecule has 6 aromatic rings. The zero-order chi connectivity index (χ0) is 44.9. The van der Waals surface area contributed by atoms with Crippen molar-refractivity contribution < 1.29 is 21.0 Å². The van der Waals surface area contributed by atoms with E-state index in [2.05, 4.69) is 43.7 Å². The zero-order valence-electron chi connectivity index (χ0n) is 37.1. The number of fused-ring (bicyclic) bond motifs is 2. The van der Waals surface area contributed by atoms with Crippen molar-refractivity contribution in [1.82, 2.24) is 27.9 Å². The summed E-state index contributed by atoms with van der Waals surface area (Å²) in [6.07, 6.45) is 14.9. The highest BCUT2D eigenvalue weighted by atomic mass is 32.2. The molecular formula is C46H60N8O5S4. The molecule has 4 heterocycles. The summed E-state index contributed by atoms with van der Waals surface area (Å²) < 4.78 is 67.3. The lowest BCUT2D eigenvalue weighted by Gasteiger charge is -2.35. The second kappa shape index (κ2) is 20.2. The van der Waals surface area contributed by atoms with E-state index in [1.807, 2.05) is 57.8 Å². The Morgan fingerprint density at radius 2 is 1.03 bits per heavy atom. The first-order valence-corrected chi connectivity index (χ1v) is 27.4. The third-order valence-corrected chi connectivity index (χ3v) is 18.7.